The average Bonchev–Trinajstić information content (AvgIpc) is 2.35. The van der Waals surface area contributed by atoms with E-state index in [-0.39, 0.29) is 5.54 Å². The lowest BCUT2D eigenvalue weighted by atomic mass is 10.0. The summed E-state index contributed by atoms with van der Waals surface area (Å²) >= 11 is 0. The predicted molar refractivity (Wildman–Crippen MR) is 85.5 cm³/mol. The van der Waals surface area contributed by atoms with E-state index in [1.54, 1.807) is 0 Å². The molecule has 1 aromatic rings. The third-order valence-corrected chi connectivity index (χ3v) is 3.17. The van der Waals surface area contributed by atoms with Gasteiger partial charge >= 0.3 is 0 Å². The van der Waals surface area contributed by atoms with E-state index in [2.05, 4.69) is 69.4 Å². The van der Waals surface area contributed by atoms with Crippen LogP contribution in [0.2, 0.25) is 0 Å². The van der Waals surface area contributed by atoms with Crippen molar-refractivity contribution in [2.45, 2.75) is 58.9 Å². The summed E-state index contributed by atoms with van der Waals surface area (Å²) < 4.78 is 0. The Hall–Kier alpha value is -1.08. The molecule has 0 aromatic heterocycles. The molecular formula is C18H29N. The molecule has 1 rings (SSSR count). The summed E-state index contributed by atoms with van der Waals surface area (Å²) in [6.07, 6.45) is 7.16. The highest BCUT2D eigenvalue weighted by Gasteiger charge is 2.06. The Balaban J connectivity index is 2.15. The molecule has 0 bridgehead atoms. The minimum Gasteiger partial charge on any atom is -0.312 e. The molecule has 0 saturated heterocycles. The molecule has 0 atom stereocenters. The van der Waals surface area contributed by atoms with E-state index in [1.807, 2.05) is 0 Å². The molecule has 0 fully saturated rings. The average molecular weight is 259 g/mol. The molecule has 0 unspecified atom stereocenters. The largest absolute Gasteiger partial charge is 0.312 e. The Morgan fingerprint density at radius 1 is 1.16 bits per heavy atom. The van der Waals surface area contributed by atoms with Gasteiger partial charge in [0.2, 0.25) is 0 Å². The van der Waals surface area contributed by atoms with Crippen molar-refractivity contribution in [2.24, 2.45) is 0 Å². The topological polar surface area (TPSA) is 12.0 Å². The van der Waals surface area contributed by atoms with E-state index in [0.29, 0.717) is 0 Å². The molecule has 1 heteroatoms. The predicted octanol–water partition coefficient (Wildman–Crippen LogP) is 4.73. The maximum absolute atomic E-state index is 3.51. The normalized spacial score (nSPS) is 12.7. The van der Waals surface area contributed by atoms with Crippen LogP contribution in [0.1, 0.15) is 52.5 Å². The third-order valence-electron chi connectivity index (χ3n) is 3.17. The van der Waals surface area contributed by atoms with Crippen LogP contribution in [0, 0.1) is 0 Å². The van der Waals surface area contributed by atoms with Gasteiger partial charge in [0.1, 0.15) is 0 Å². The van der Waals surface area contributed by atoms with Crippen LogP contribution in [-0.4, -0.2) is 12.1 Å². The van der Waals surface area contributed by atoms with Gasteiger partial charge in [0, 0.05) is 5.54 Å². The number of allylic oxidation sites excluding steroid dienone is 1. The quantitative estimate of drug-likeness (QED) is 0.551. The summed E-state index contributed by atoms with van der Waals surface area (Å²) in [6.45, 7) is 9.96. The van der Waals surface area contributed by atoms with Gasteiger partial charge in [-0.25, -0.2) is 0 Å². The molecule has 0 radical (unpaired) electrons. The molecule has 1 nitrogen and oxygen atoms in total. The standard InChI is InChI=1S/C18H29N/c1-16(11-9-15-19-18(2,3)4)10-8-14-17-12-6-5-7-13-17/h5-7,11-13,19H,8-10,14-15H2,1-4H3. The number of rotatable bonds is 7. The van der Waals surface area contributed by atoms with Gasteiger partial charge in [0.05, 0.1) is 0 Å². The summed E-state index contributed by atoms with van der Waals surface area (Å²) in [5, 5.41) is 3.51. The first-order valence-electron chi connectivity index (χ1n) is 7.42. The maximum Gasteiger partial charge on any atom is 0.00966 e. The van der Waals surface area contributed by atoms with Crippen molar-refractivity contribution in [3.8, 4) is 0 Å². The third kappa shape index (κ3) is 8.61. The molecule has 0 saturated carbocycles. The van der Waals surface area contributed by atoms with Crippen molar-refractivity contribution < 1.29 is 0 Å². The Morgan fingerprint density at radius 3 is 2.47 bits per heavy atom. The molecule has 0 aliphatic rings. The van der Waals surface area contributed by atoms with Gasteiger partial charge < -0.3 is 5.32 Å². The highest BCUT2D eigenvalue weighted by atomic mass is 14.9. The van der Waals surface area contributed by atoms with Gasteiger partial charge in [0.15, 0.2) is 0 Å². The van der Waals surface area contributed by atoms with Gasteiger partial charge in [-0.2, -0.15) is 0 Å². The van der Waals surface area contributed by atoms with E-state index in [0.717, 1.165) is 13.0 Å². The van der Waals surface area contributed by atoms with E-state index >= 15 is 0 Å². The summed E-state index contributed by atoms with van der Waals surface area (Å²) in [5.41, 5.74) is 3.20. The summed E-state index contributed by atoms with van der Waals surface area (Å²) in [6, 6.07) is 10.8. The Labute approximate surface area is 119 Å². The van der Waals surface area contributed by atoms with Crippen LogP contribution in [0.4, 0.5) is 0 Å². The fourth-order valence-corrected chi connectivity index (χ4v) is 2.08. The van der Waals surface area contributed by atoms with E-state index < -0.39 is 0 Å². The van der Waals surface area contributed by atoms with Gasteiger partial charge in [-0.1, -0.05) is 42.0 Å². The van der Waals surface area contributed by atoms with Crippen LogP contribution in [0.3, 0.4) is 0 Å². The van der Waals surface area contributed by atoms with Crippen LogP contribution in [-0.2, 0) is 6.42 Å². The van der Waals surface area contributed by atoms with Crippen molar-refractivity contribution in [3.05, 3.63) is 47.5 Å². The van der Waals surface area contributed by atoms with Crippen LogP contribution >= 0.6 is 0 Å². The smallest absolute Gasteiger partial charge is 0.00966 e. The van der Waals surface area contributed by atoms with Crippen molar-refractivity contribution in [1.29, 1.82) is 0 Å². The number of benzene rings is 1. The van der Waals surface area contributed by atoms with Crippen LogP contribution in [0.5, 0.6) is 0 Å². The van der Waals surface area contributed by atoms with Crippen LogP contribution in [0.15, 0.2) is 42.0 Å². The highest BCUT2D eigenvalue weighted by molar-refractivity contribution is 5.14. The summed E-state index contributed by atoms with van der Waals surface area (Å²) in [7, 11) is 0. The minimum absolute atomic E-state index is 0.231. The lowest BCUT2D eigenvalue weighted by Crippen LogP contribution is -2.36. The molecular weight excluding hydrogens is 230 g/mol. The number of hydrogen-bond donors (Lipinski definition) is 1. The first-order valence-corrected chi connectivity index (χ1v) is 7.42. The second-order valence-corrected chi connectivity index (χ2v) is 6.36. The second-order valence-electron chi connectivity index (χ2n) is 6.36. The Kier molecular flexibility index (Phi) is 6.86. The molecule has 0 aliphatic carbocycles. The first-order chi connectivity index (χ1) is 8.97. The molecule has 0 spiro atoms. The maximum atomic E-state index is 3.51. The van der Waals surface area contributed by atoms with E-state index in [4.69, 9.17) is 0 Å². The van der Waals surface area contributed by atoms with Crippen molar-refractivity contribution in [2.75, 3.05) is 6.54 Å². The Morgan fingerprint density at radius 2 is 1.84 bits per heavy atom. The van der Waals surface area contributed by atoms with Crippen molar-refractivity contribution in [1.82, 2.24) is 5.32 Å². The number of nitrogens with one attached hydrogen (secondary N) is 1. The molecule has 1 aromatic carbocycles. The summed E-state index contributed by atoms with van der Waals surface area (Å²) in [4.78, 5) is 0. The van der Waals surface area contributed by atoms with Crippen LogP contribution in [0.25, 0.3) is 0 Å². The van der Waals surface area contributed by atoms with Crippen LogP contribution < -0.4 is 5.32 Å². The van der Waals surface area contributed by atoms with Crippen molar-refractivity contribution in [3.63, 3.8) is 0 Å². The number of aryl methyl sites for hydroxylation is 1. The fraction of sp³-hybridized carbons (Fsp3) is 0.556. The second kappa shape index (κ2) is 8.16. The lowest BCUT2D eigenvalue weighted by Gasteiger charge is -2.19. The summed E-state index contributed by atoms with van der Waals surface area (Å²) in [5.74, 6) is 0. The zero-order chi connectivity index (χ0) is 14.1. The lowest BCUT2D eigenvalue weighted by molar-refractivity contribution is 0.431. The van der Waals surface area contributed by atoms with Crippen molar-refractivity contribution >= 4 is 0 Å². The van der Waals surface area contributed by atoms with Gasteiger partial charge in [0.25, 0.3) is 0 Å². The SMILES string of the molecule is CC(=CCCNC(C)(C)C)CCCc1ccccc1. The van der Waals surface area contributed by atoms with E-state index in [1.165, 1.54) is 30.4 Å². The Bertz CT molecular complexity index is 370. The molecule has 106 valence electrons. The fourth-order valence-electron chi connectivity index (χ4n) is 2.08. The molecule has 0 aliphatic heterocycles. The zero-order valence-electron chi connectivity index (χ0n) is 13.0. The van der Waals surface area contributed by atoms with Gasteiger partial charge in [-0.15, -0.1) is 0 Å². The van der Waals surface area contributed by atoms with Gasteiger partial charge in [-0.05, 0) is 65.5 Å². The molecule has 1 N–H and O–H groups in total. The number of hydrogen-bond acceptors (Lipinski definition) is 1. The molecule has 0 amide bonds. The minimum atomic E-state index is 0.231. The molecule has 0 heterocycles. The monoisotopic (exact) mass is 259 g/mol. The zero-order valence-corrected chi connectivity index (χ0v) is 13.0. The first kappa shape index (κ1) is 16.0. The highest BCUT2D eigenvalue weighted by Crippen LogP contribution is 2.10. The molecule has 19 heavy (non-hydrogen) atoms. The van der Waals surface area contributed by atoms with Gasteiger partial charge in [-0.3, -0.25) is 0 Å². The van der Waals surface area contributed by atoms with E-state index in [9.17, 15) is 0 Å².